The topological polar surface area (TPSA) is 152 Å². The van der Waals surface area contributed by atoms with E-state index in [0.717, 1.165) is 6.26 Å². The van der Waals surface area contributed by atoms with Crippen LogP contribution in [0.3, 0.4) is 0 Å². The van der Waals surface area contributed by atoms with E-state index in [-0.39, 0.29) is 27.8 Å². The van der Waals surface area contributed by atoms with Crippen LogP contribution in [0.5, 0.6) is 0 Å². The summed E-state index contributed by atoms with van der Waals surface area (Å²) in [5.41, 5.74) is 5.04. The van der Waals surface area contributed by atoms with Crippen LogP contribution in [0.25, 0.3) is 5.82 Å². The molecule has 14 heteroatoms. The van der Waals surface area contributed by atoms with Crippen LogP contribution in [0.4, 0.5) is 5.69 Å². The van der Waals surface area contributed by atoms with Crippen molar-refractivity contribution in [1.29, 1.82) is 0 Å². The molecule has 3 N–H and O–H groups in total. The fourth-order valence-corrected chi connectivity index (χ4v) is 4.00. The molecule has 3 aromatic rings. The smallest absolute Gasteiger partial charge is 0.274 e. The maximum atomic E-state index is 13.2. The Morgan fingerprint density at radius 1 is 1.12 bits per heavy atom. The fraction of sp³-hybridized carbons (Fsp3) is 0.150. The van der Waals surface area contributed by atoms with Gasteiger partial charge in [0, 0.05) is 18.5 Å². The van der Waals surface area contributed by atoms with E-state index in [1.807, 2.05) is 5.43 Å². The van der Waals surface area contributed by atoms with Crippen molar-refractivity contribution in [2.45, 2.75) is 6.92 Å². The number of rotatable bonds is 6. The van der Waals surface area contributed by atoms with Crippen molar-refractivity contribution < 1.29 is 22.8 Å². The number of sulfone groups is 1. The molecule has 0 aliphatic carbocycles. The van der Waals surface area contributed by atoms with Crippen molar-refractivity contribution in [3.05, 3.63) is 69.0 Å². The predicted molar refractivity (Wildman–Crippen MR) is 129 cm³/mol. The number of benzene rings is 1. The lowest BCUT2D eigenvalue weighted by atomic mass is 10.1. The summed E-state index contributed by atoms with van der Waals surface area (Å²) in [6.07, 6.45) is 2.39. The molecule has 0 saturated carbocycles. The molecule has 178 valence electrons. The summed E-state index contributed by atoms with van der Waals surface area (Å²) in [5.74, 6) is -2.83. The molecule has 0 radical (unpaired) electrons. The van der Waals surface area contributed by atoms with E-state index in [2.05, 4.69) is 36.8 Å². The Hall–Kier alpha value is -3.29. The summed E-state index contributed by atoms with van der Waals surface area (Å²) in [5, 5.41) is 7.17. The average Bonchev–Trinajstić information content (AvgIpc) is 3.14. The van der Waals surface area contributed by atoms with Crippen LogP contribution >= 0.6 is 27.5 Å². The molecule has 0 aliphatic heterocycles. The lowest BCUT2D eigenvalue weighted by molar-refractivity contribution is -0.119. The van der Waals surface area contributed by atoms with Gasteiger partial charge in [0.05, 0.1) is 16.3 Å². The molecule has 0 atom stereocenters. The zero-order valence-electron chi connectivity index (χ0n) is 17.8. The van der Waals surface area contributed by atoms with Crippen LogP contribution in [0.2, 0.25) is 5.02 Å². The summed E-state index contributed by atoms with van der Waals surface area (Å²) < 4.78 is 24.1. The van der Waals surface area contributed by atoms with E-state index in [9.17, 15) is 22.8 Å². The normalized spacial score (nSPS) is 11.1. The van der Waals surface area contributed by atoms with E-state index in [1.165, 1.54) is 23.0 Å². The highest BCUT2D eigenvalue weighted by Gasteiger charge is 2.22. The molecule has 0 unspecified atom stereocenters. The number of hydrogen-bond donors (Lipinski definition) is 3. The summed E-state index contributed by atoms with van der Waals surface area (Å²) in [6, 6.07) is 9.40. The highest BCUT2D eigenvalue weighted by molar-refractivity contribution is 9.10. The number of aromatic nitrogens is 3. The van der Waals surface area contributed by atoms with Gasteiger partial charge in [0.25, 0.3) is 17.7 Å². The largest absolute Gasteiger partial charge is 0.320 e. The Balaban J connectivity index is 1.86. The van der Waals surface area contributed by atoms with Gasteiger partial charge in [-0.05, 0) is 46.6 Å². The molecule has 34 heavy (non-hydrogen) atoms. The molecule has 0 saturated heterocycles. The van der Waals surface area contributed by atoms with E-state index >= 15 is 0 Å². The second-order valence-corrected chi connectivity index (χ2v) is 10.5. The van der Waals surface area contributed by atoms with Gasteiger partial charge < -0.3 is 5.32 Å². The molecule has 2 aromatic heterocycles. The van der Waals surface area contributed by atoms with Crippen LogP contribution in [0.15, 0.2) is 47.2 Å². The molecular weight excluding hydrogens is 552 g/mol. The van der Waals surface area contributed by atoms with Gasteiger partial charge in [-0.1, -0.05) is 23.7 Å². The van der Waals surface area contributed by atoms with Crippen molar-refractivity contribution >= 4 is 60.8 Å². The minimum absolute atomic E-state index is 0.0361. The lowest BCUT2D eigenvalue weighted by Crippen LogP contribution is -2.44. The van der Waals surface area contributed by atoms with Crippen LogP contribution in [-0.2, 0) is 14.6 Å². The third-order valence-corrected chi connectivity index (χ3v) is 5.79. The van der Waals surface area contributed by atoms with Crippen molar-refractivity contribution in [2.75, 3.05) is 17.3 Å². The van der Waals surface area contributed by atoms with Gasteiger partial charge in [0.2, 0.25) is 0 Å². The molecule has 11 nitrogen and oxygen atoms in total. The van der Waals surface area contributed by atoms with Crippen molar-refractivity contribution in [3.8, 4) is 5.82 Å². The number of hydrazine groups is 1. The molecule has 0 aliphatic rings. The SMILES string of the molecule is Cc1cccc(C(=O)NNC(=O)CS(C)(=O)=O)c1NC(=O)c1cc(Br)nn1-c1ncccc1Cl. The highest BCUT2D eigenvalue weighted by Crippen LogP contribution is 2.24. The zero-order chi connectivity index (χ0) is 25.0. The molecule has 0 fully saturated rings. The van der Waals surface area contributed by atoms with Crippen LogP contribution in [0, 0.1) is 6.92 Å². The molecule has 3 amide bonds. The van der Waals surface area contributed by atoms with Gasteiger partial charge in [-0.25, -0.2) is 18.1 Å². The molecule has 2 heterocycles. The van der Waals surface area contributed by atoms with E-state index in [1.54, 1.807) is 31.2 Å². The van der Waals surface area contributed by atoms with Crippen LogP contribution in [0.1, 0.15) is 26.4 Å². The van der Waals surface area contributed by atoms with E-state index in [4.69, 9.17) is 11.6 Å². The van der Waals surface area contributed by atoms with Gasteiger partial charge in [-0.2, -0.15) is 5.10 Å². The van der Waals surface area contributed by atoms with Gasteiger partial charge in [0.1, 0.15) is 16.0 Å². The third-order valence-electron chi connectivity index (χ3n) is 4.32. The van der Waals surface area contributed by atoms with Crippen molar-refractivity contribution in [2.24, 2.45) is 0 Å². The lowest BCUT2D eigenvalue weighted by Gasteiger charge is -2.15. The number of halogens is 2. The average molecular weight is 570 g/mol. The maximum absolute atomic E-state index is 13.2. The number of pyridine rings is 1. The van der Waals surface area contributed by atoms with Gasteiger partial charge in [-0.15, -0.1) is 0 Å². The number of nitrogens with zero attached hydrogens (tertiary/aromatic N) is 3. The number of hydrogen-bond acceptors (Lipinski definition) is 7. The number of anilines is 1. The molecule has 0 spiro atoms. The van der Waals surface area contributed by atoms with Crippen LogP contribution in [-0.4, -0.2) is 52.9 Å². The number of para-hydroxylation sites is 1. The summed E-state index contributed by atoms with van der Waals surface area (Å²) in [6.45, 7) is 1.68. The summed E-state index contributed by atoms with van der Waals surface area (Å²) in [4.78, 5) is 41.7. The van der Waals surface area contributed by atoms with E-state index in [0.29, 0.717) is 10.2 Å². The summed E-state index contributed by atoms with van der Waals surface area (Å²) >= 11 is 9.44. The summed E-state index contributed by atoms with van der Waals surface area (Å²) in [7, 11) is -3.57. The second-order valence-electron chi connectivity index (χ2n) is 7.10. The Bertz CT molecular complexity index is 1390. The first kappa shape index (κ1) is 25.3. The minimum Gasteiger partial charge on any atom is -0.320 e. The number of amides is 3. The number of aryl methyl sites for hydroxylation is 1. The zero-order valence-corrected chi connectivity index (χ0v) is 21.0. The fourth-order valence-electron chi connectivity index (χ4n) is 2.88. The van der Waals surface area contributed by atoms with Crippen molar-refractivity contribution in [1.82, 2.24) is 25.6 Å². The first-order chi connectivity index (χ1) is 16.0. The number of carbonyl (C=O) groups excluding carboxylic acids is 3. The minimum atomic E-state index is -3.57. The van der Waals surface area contributed by atoms with Crippen molar-refractivity contribution in [3.63, 3.8) is 0 Å². The number of nitrogens with one attached hydrogen (secondary N) is 3. The predicted octanol–water partition coefficient (Wildman–Crippen LogP) is 2.05. The number of carbonyl (C=O) groups is 3. The van der Waals surface area contributed by atoms with Gasteiger partial charge in [0.15, 0.2) is 15.7 Å². The molecular formula is C20H18BrClN6O5S. The molecule has 0 bridgehead atoms. The molecule has 3 rings (SSSR count). The Labute approximate surface area is 207 Å². The highest BCUT2D eigenvalue weighted by atomic mass is 79.9. The monoisotopic (exact) mass is 568 g/mol. The first-order valence-electron chi connectivity index (χ1n) is 9.50. The third kappa shape index (κ3) is 6.18. The van der Waals surface area contributed by atoms with Crippen LogP contribution < -0.4 is 16.2 Å². The quantitative estimate of drug-likeness (QED) is 0.384. The van der Waals surface area contributed by atoms with E-state index < -0.39 is 33.3 Å². The second kappa shape index (κ2) is 10.3. The Morgan fingerprint density at radius 2 is 1.85 bits per heavy atom. The first-order valence-corrected chi connectivity index (χ1v) is 12.7. The standard InChI is InChI=1S/C20H18BrClN6O5S/c1-11-5-3-6-12(19(30)26-25-16(29)10-34(2,32)33)17(11)24-20(31)14-9-15(21)27-28(14)18-13(22)7-4-8-23-18/h3-9H,10H2,1-2H3,(H,24,31)(H,25,29)(H,26,30). The maximum Gasteiger partial charge on any atom is 0.274 e. The molecule has 1 aromatic carbocycles. The Morgan fingerprint density at radius 3 is 2.53 bits per heavy atom. The van der Waals surface area contributed by atoms with Gasteiger partial charge >= 0.3 is 0 Å². The Kier molecular flexibility index (Phi) is 7.69. The van der Waals surface area contributed by atoms with Gasteiger partial charge in [-0.3, -0.25) is 25.2 Å².